The number of benzene rings is 2. The van der Waals surface area contributed by atoms with Crippen molar-refractivity contribution in [3.05, 3.63) is 60.2 Å². The van der Waals surface area contributed by atoms with Crippen LogP contribution in [0.25, 0.3) is 0 Å². The average Bonchev–Trinajstić information content (AvgIpc) is 2.81. The number of hydrogen-bond acceptors (Lipinski definition) is 4. The number of piperidine rings is 1. The van der Waals surface area contributed by atoms with Crippen LogP contribution in [-0.4, -0.2) is 49.6 Å². The first-order valence-electron chi connectivity index (χ1n) is 10.9. The van der Waals surface area contributed by atoms with Crippen molar-refractivity contribution in [3.8, 4) is 0 Å². The molecule has 1 aliphatic heterocycles. The first-order chi connectivity index (χ1) is 14.8. The van der Waals surface area contributed by atoms with Crippen molar-refractivity contribution in [2.75, 3.05) is 43.4 Å². The highest BCUT2D eigenvalue weighted by atomic mass is 32.2. The van der Waals surface area contributed by atoms with E-state index in [1.807, 2.05) is 17.8 Å². The Morgan fingerprint density at radius 3 is 2.47 bits per heavy atom. The molecule has 30 heavy (non-hydrogen) atoms. The SMILES string of the molecule is CCNC(=NCc1ccc(N2CCC(CO)CC2)cc1)NCCSc1ccccc1. The van der Waals surface area contributed by atoms with Crippen LogP contribution in [0.1, 0.15) is 25.3 Å². The van der Waals surface area contributed by atoms with Crippen LogP contribution in [0, 0.1) is 5.92 Å². The van der Waals surface area contributed by atoms with Crippen LogP contribution in [0.5, 0.6) is 0 Å². The number of guanidine groups is 1. The predicted molar refractivity (Wildman–Crippen MR) is 128 cm³/mol. The van der Waals surface area contributed by atoms with Gasteiger partial charge in [-0.05, 0) is 55.5 Å². The Hall–Kier alpha value is -2.18. The molecular weight excluding hydrogens is 392 g/mol. The van der Waals surface area contributed by atoms with E-state index in [0.29, 0.717) is 19.1 Å². The Kier molecular flexibility index (Phi) is 9.38. The quantitative estimate of drug-likeness (QED) is 0.247. The highest BCUT2D eigenvalue weighted by Crippen LogP contribution is 2.23. The maximum absolute atomic E-state index is 9.30. The lowest BCUT2D eigenvalue weighted by Gasteiger charge is -2.32. The zero-order chi connectivity index (χ0) is 21.0. The van der Waals surface area contributed by atoms with Gasteiger partial charge in [-0.15, -0.1) is 11.8 Å². The van der Waals surface area contributed by atoms with Gasteiger partial charge in [-0.1, -0.05) is 30.3 Å². The first kappa shape index (κ1) is 22.5. The van der Waals surface area contributed by atoms with E-state index < -0.39 is 0 Å². The van der Waals surface area contributed by atoms with E-state index in [0.717, 1.165) is 50.7 Å². The van der Waals surface area contributed by atoms with Crippen LogP contribution in [0.15, 0.2) is 64.5 Å². The van der Waals surface area contributed by atoms with Gasteiger partial charge in [-0.25, -0.2) is 4.99 Å². The molecule has 0 atom stereocenters. The summed E-state index contributed by atoms with van der Waals surface area (Å²) >= 11 is 1.85. The third kappa shape index (κ3) is 7.26. The molecule has 1 saturated heterocycles. The van der Waals surface area contributed by atoms with Crippen molar-refractivity contribution in [2.24, 2.45) is 10.9 Å². The third-order valence-electron chi connectivity index (χ3n) is 5.34. The zero-order valence-electron chi connectivity index (χ0n) is 17.9. The molecule has 1 fully saturated rings. The first-order valence-corrected chi connectivity index (χ1v) is 11.9. The highest BCUT2D eigenvalue weighted by Gasteiger charge is 2.18. The molecule has 1 heterocycles. The van der Waals surface area contributed by atoms with Crippen molar-refractivity contribution in [2.45, 2.75) is 31.2 Å². The lowest BCUT2D eigenvalue weighted by atomic mass is 9.97. The molecule has 0 amide bonds. The lowest BCUT2D eigenvalue weighted by molar-refractivity contribution is 0.203. The van der Waals surface area contributed by atoms with E-state index in [1.54, 1.807) is 0 Å². The predicted octanol–water partition coefficient (Wildman–Crippen LogP) is 3.74. The number of aliphatic imine (C=N–C) groups is 1. The Labute approximate surface area is 185 Å². The van der Waals surface area contributed by atoms with Crippen molar-refractivity contribution in [1.29, 1.82) is 0 Å². The standard InChI is InChI=1S/C24H34N4OS/c1-2-25-24(26-14-17-30-23-6-4-3-5-7-23)27-18-20-8-10-22(11-9-20)28-15-12-21(19-29)13-16-28/h3-11,21,29H,2,12-19H2,1H3,(H2,25,26,27). The summed E-state index contributed by atoms with van der Waals surface area (Å²) in [5.74, 6) is 2.33. The molecule has 0 saturated carbocycles. The molecule has 3 rings (SSSR count). The number of thioether (sulfide) groups is 1. The molecule has 5 nitrogen and oxygen atoms in total. The van der Waals surface area contributed by atoms with Gasteiger partial charge in [0.1, 0.15) is 0 Å². The van der Waals surface area contributed by atoms with Crippen LogP contribution in [0.2, 0.25) is 0 Å². The topological polar surface area (TPSA) is 59.9 Å². The summed E-state index contributed by atoms with van der Waals surface area (Å²) in [6.45, 7) is 6.83. The van der Waals surface area contributed by atoms with Gasteiger partial charge < -0.3 is 20.6 Å². The van der Waals surface area contributed by atoms with E-state index in [1.165, 1.54) is 16.1 Å². The molecule has 0 radical (unpaired) electrons. The number of aliphatic hydroxyl groups is 1. The summed E-state index contributed by atoms with van der Waals surface area (Å²) in [6.07, 6.45) is 2.14. The highest BCUT2D eigenvalue weighted by molar-refractivity contribution is 7.99. The number of anilines is 1. The minimum Gasteiger partial charge on any atom is -0.396 e. The van der Waals surface area contributed by atoms with Crippen molar-refractivity contribution >= 4 is 23.4 Å². The fourth-order valence-electron chi connectivity index (χ4n) is 3.55. The molecule has 162 valence electrons. The van der Waals surface area contributed by atoms with Gasteiger partial charge in [0.25, 0.3) is 0 Å². The number of rotatable bonds is 9. The summed E-state index contributed by atoms with van der Waals surface area (Å²) in [7, 11) is 0. The van der Waals surface area contributed by atoms with E-state index in [-0.39, 0.29) is 0 Å². The Bertz CT molecular complexity index is 759. The molecule has 0 unspecified atom stereocenters. The minimum absolute atomic E-state index is 0.317. The molecule has 0 aromatic heterocycles. The van der Waals surface area contributed by atoms with Crippen LogP contribution in [0.4, 0.5) is 5.69 Å². The Morgan fingerprint density at radius 1 is 1.07 bits per heavy atom. The van der Waals surface area contributed by atoms with E-state index >= 15 is 0 Å². The second kappa shape index (κ2) is 12.5. The molecule has 0 bridgehead atoms. The van der Waals surface area contributed by atoms with Gasteiger partial charge in [0.05, 0.1) is 6.54 Å². The van der Waals surface area contributed by atoms with Gasteiger partial charge >= 0.3 is 0 Å². The fraction of sp³-hybridized carbons (Fsp3) is 0.458. The van der Waals surface area contributed by atoms with Gasteiger partial charge in [0.15, 0.2) is 5.96 Å². The van der Waals surface area contributed by atoms with Crippen LogP contribution in [-0.2, 0) is 6.54 Å². The zero-order valence-corrected chi connectivity index (χ0v) is 18.7. The molecule has 3 N–H and O–H groups in total. The van der Waals surface area contributed by atoms with E-state index in [9.17, 15) is 5.11 Å². The van der Waals surface area contributed by atoms with Crippen LogP contribution >= 0.6 is 11.8 Å². The smallest absolute Gasteiger partial charge is 0.191 e. The molecule has 0 spiro atoms. The average molecular weight is 427 g/mol. The lowest BCUT2D eigenvalue weighted by Crippen LogP contribution is -2.38. The molecule has 1 aliphatic rings. The monoisotopic (exact) mass is 426 g/mol. The molecule has 2 aromatic rings. The van der Waals surface area contributed by atoms with Crippen molar-refractivity contribution < 1.29 is 5.11 Å². The van der Waals surface area contributed by atoms with Crippen LogP contribution < -0.4 is 15.5 Å². The van der Waals surface area contributed by atoms with E-state index in [2.05, 4.69) is 71.0 Å². The van der Waals surface area contributed by atoms with E-state index in [4.69, 9.17) is 4.99 Å². The molecule has 0 aliphatic carbocycles. The maximum atomic E-state index is 9.30. The van der Waals surface area contributed by atoms with Crippen molar-refractivity contribution in [1.82, 2.24) is 10.6 Å². The Morgan fingerprint density at radius 2 is 1.80 bits per heavy atom. The Balaban J connectivity index is 1.45. The number of nitrogens with one attached hydrogen (secondary N) is 2. The number of hydrogen-bond donors (Lipinski definition) is 3. The minimum atomic E-state index is 0.317. The maximum Gasteiger partial charge on any atom is 0.191 e. The van der Waals surface area contributed by atoms with Crippen LogP contribution in [0.3, 0.4) is 0 Å². The van der Waals surface area contributed by atoms with Gasteiger partial charge in [-0.2, -0.15) is 0 Å². The van der Waals surface area contributed by atoms with Gasteiger partial charge in [0.2, 0.25) is 0 Å². The summed E-state index contributed by atoms with van der Waals surface area (Å²) in [5.41, 5.74) is 2.47. The second-order valence-corrected chi connectivity index (χ2v) is 8.73. The molecular formula is C24H34N4OS. The molecule has 2 aromatic carbocycles. The number of nitrogens with zero attached hydrogens (tertiary/aromatic N) is 2. The summed E-state index contributed by atoms with van der Waals surface area (Å²) in [5, 5.41) is 16.1. The normalized spacial score (nSPS) is 15.3. The summed E-state index contributed by atoms with van der Waals surface area (Å²) in [4.78, 5) is 8.44. The van der Waals surface area contributed by atoms with Gasteiger partial charge in [0, 0.05) is 49.1 Å². The number of aliphatic hydroxyl groups excluding tert-OH is 1. The summed E-state index contributed by atoms with van der Waals surface area (Å²) in [6, 6.07) is 19.2. The summed E-state index contributed by atoms with van der Waals surface area (Å²) < 4.78 is 0. The van der Waals surface area contributed by atoms with Gasteiger partial charge in [-0.3, -0.25) is 0 Å². The molecule has 6 heteroatoms. The largest absolute Gasteiger partial charge is 0.396 e. The second-order valence-electron chi connectivity index (χ2n) is 7.56. The fourth-order valence-corrected chi connectivity index (χ4v) is 4.34. The van der Waals surface area contributed by atoms with Crippen molar-refractivity contribution in [3.63, 3.8) is 0 Å². The third-order valence-corrected chi connectivity index (χ3v) is 6.36.